The SMILES string of the molecule is Oc1cc(Cl)nnc1Oc1c2c(cc3c1CCC3)CCC2. The van der Waals surface area contributed by atoms with E-state index in [9.17, 15) is 5.11 Å². The van der Waals surface area contributed by atoms with Crippen LogP contribution in [0.2, 0.25) is 5.15 Å². The molecule has 108 valence electrons. The van der Waals surface area contributed by atoms with Crippen molar-refractivity contribution < 1.29 is 9.84 Å². The molecule has 0 bridgehead atoms. The van der Waals surface area contributed by atoms with E-state index in [2.05, 4.69) is 16.3 Å². The highest BCUT2D eigenvalue weighted by Gasteiger charge is 2.26. The molecule has 0 spiro atoms. The van der Waals surface area contributed by atoms with Crippen molar-refractivity contribution in [1.29, 1.82) is 0 Å². The Morgan fingerprint density at radius 3 is 2.24 bits per heavy atom. The lowest BCUT2D eigenvalue weighted by atomic mass is 10.0. The molecule has 0 radical (unpaired) electrons. The molecule has 1 heterocycles. The molecule has 4 rings (SSSR count). The molecule has 5 heteroatoms. The minimum atomic E-state index is -0.0719. The zero-order valence-corrected chi connectivity index (χ0v) is 12.3. The topological polar surface area (TPSA) is 55.2 Å². The van der Waals surface area contributed by atoms with Gasteiger partial charge in [-0.15, -0.1) is 10.2 Å². The van der Waals surface area contributed by atoms with Crippen LogP contribution in [0.15, 0.2) is 12.1 Å². The second-order valence-electron chi connectivity index (χ2n) is 5.65. The first kappa shape index (κ1) is 12.9. The van der Waals surface area contributed by atoms with E-state index < -0.39 is 0 Å². The van der Waals surface area contributed by atoms with E-state index in [1.54, 1.807) is 0 Å². The van der Waals surface area contributed by atoms with Crippen molar-refractivity contribution in [2.75, 3.05) is 0 Å². The Labute approximate surface area is 127 Å². The molecule has 0 aliphatic heterocycles. The smallest absolute Gasteiger partial charge is 0.281 e. The van der Waals surface area contributed by atoms with E-state index in [-0.39, 0.29) is 16.8 Å². The molecule has 2 aliphatic rings. The summed E-state index contributed by atoms with van der Waals surface area (Å²) in [4.78, 5) is 0. The summed E-state index contributed by atoms with van der Waals surface area (Å²) in [6, 6.07) is 3.69. The molecule has 0 amide bonds. The van der Waals surface area contributed by atoms with Gasteiger partial charge in [-0.3, -0.25) is 0 Å². The van der Waals surface area contributed by atoms with Crippen molar-refractivity contribution in [3.63, 3.8) is 0 Å². The first-order chi connectivity index (χ1) is 10.2. The fraction of sp³-hybridized carbons (Fsp3) is 0.375. The van der Waals surface area contributed by atoms with E-state index in [0.29, 0.717) is 0 Å². The molecule has 0 saturated carbocycles. The normalized spacial score (nSPS) is 15.9. The molecule has 2 aliphatic carbocycles. The molecule has 0 saturated heterocycles. The maximum Gasteiger partial charge on any atom is 0.281 e. The third kappa shape index (κ3) is 2.14. The molecular weight excluding hydrogens is 288 g/mol. The second kappa shape index (κ2) is 4.88. The van der Waals surface area contributed by atoms with Gasteiger partial charge >= 0.3 is 0 Å². The van der Waals surface area contributed by atoms with Crippen molar-refractivity contribution in [3.05, 3.63) is 39.5 Å². The summed E-state index contributed by atoms with van der Waals surface area (Å²) in [7, 11) is 0. The minimum absolute atomic E-state index is 0.0719. The lowest BCUT2D eigenvalue weighted by Gasteiger charge is -2.15. The number of benzene rings is 1. The van der Waals surface area contributed by atoms with Gasteiger partial charge in [-0.05, 0) is 60.8 Å². The summed E-state index contributed by atoms with van der Waals surface area (Å²) in [5.41, 5.74) is 5.30. The number of aryl methyl sites for hydroxylation is 2. The maximum atomic E-state index is 9.94. The van der Waals surface area contributed by atoms with Gasteiger partial charge < -0.3 is 9.84 Å². The van der Waals surface area contributed by atoms with Crippen molar-refractivity contribution in [2.24, 2.45) is 0 Å². The lowest BCUT2D eigenvalue weighted by molar-refractivity contribution is 0.387. The third-order valence-corrected chi connectivity index (χ3v) is 4.51. The first-order valence-electron chi connectivity index (χ1n) is 7.29. The third-order valence-electron chi connectivity index (χ3n) is 4.33. The number of halogens is 1. The molecule has 4 nitrogen and oxygen atoms in total. The minimum Gasteiger partial charge on any atom is -0.503 e. The van der Waals surface area contributed by atoms with Crippen LogP contribution in [0.25, 0.3) is 0 Å². The van der Waals surface area contributed by atoms with Gasteiger partial charge in [0.05, 0.1) is 0 Å². The predicted octanol–water partition coefficient (Wildman–Crippen LogP) is 3.61. The molecular formula is C16H15ClN2O2. The van der Waals surface area contributed by atoms with Gasteiger partial charge in [-0.2, -0.15) is 0 Å². The van der Waals surface area contributed by atoms with Crippen molar-refractivity contribution >= 4 is 11.6 Å². The highest BCUT2D eigenvalue weighted by atomic mass is 35.5. The average molecular weight is 303 g/mol. The van der Waals surface area contributed by atoms with E-state index in [1.807, 2.05) is 0 Å². The number of aromatic nitrogens is 2. The van der Waals surface area contributed by atoms with Crippen molar-refractivity contribution in [2.45, 2.75) is 38.5 Å². The number of fused-ring (bicyclic) bond motifs is 2. The zero-order valence-electron chi connectivity index (χ0n) is 11.5. The van der Waals surface area contributed by atoms with Crippen LogP contribution in [0.5, 0.6) is 17.4 Å². The Morgan fingerprint density at radius 1 is 0.952 bits per heavy atom. The largest absolute Gasteiger partial charge is 0.503 e. The standard InChI is InChI=1S/C16H15ClN2O2/c17-14-8-13(20)16(19-18-14)21-15-11-5-1-3-9(11)7-10-4-2-6-12(10)15/h7-8H,1-6H2,(H,18,20). The summed E-state index contributed by atoms with van der Waals surface area (Å²) in [6.45, 7) is 0. The Balaban J connectivity index is 1.81. The lowest BCUT2D eigenvalue weighted by Crippen LogP contribution is -2.00. The molecule has 1 aromatic carbocycles. The van der Waals surface area contributed by atoms with Crippen LogP contribution in [0.4, 0.5) is 0 Å². The van der Waals surface area contributed by atoms with Gasteiger partial charge in [0.2, 0.25) is 0 Å². The van der Waals surface area contributed by atoms with Gasteiger partial charge in [0, 0.05) is 6.07 Å². The summed E-state index contributed by atoms with van der Waals surface area (Å²) < 4.78 is 5.97. The number of aromatic hydroxyl groups is 1. The maximum absolute atomic E-state index is 9.94. The number of nitrogens with zero attached hydrogens (tertiary/aromatic N) is 2. The monoisotopic (exact) mass is 302 g/mol. The Bertz CT molecular complexity index is 698. The van der Waals surface area contributed by atoms with Crippen LogP contribution in [-0.4, -0.2) is 15.3 Å². The number of ether oxygens (including phenoxy) is 1. The molecule has 1 aromatic heterocycles. The van der Waals surface area contributed by atoms with Gasteiger partial charge in [0.1, 0.15) is 5.75 Å². The van der Waals surface area contributed by atoms with Gasteiger partial charge in [0.25, 0.3) is 5.88 Å². The van der Waals surface area contributed by atoms with Crippen molar-refractivity contribution in [3.8, 4) is 17.4 Å². The average Bonchev–Trinajstić information content (AvgIpc) is 3.09. The summed E-state index contributed by atoms with van der Waals surface area (Å²) in [6.07, 6.45) is 6.59. The van der Waals surface area contributed by atoms with E-state index >= 15 is 0 Å². The van der Waals surface area contributed by atoms with Crippen LogP contribution in [0.1, 0.15) is 35.1 Å². The van der Waals surface area contributed by atoms with Gasteiger partial charge in [-0.1, -0.05) is 17.7 Å². The molecule has 1 N–H and O–H groups in total. The van der Waals surface area contributed by atoms with E-state index in [0.717, 1.165) is 44.3 Å². The summed E-state index contributed by atoms with van der Waals surface area (Å²) in [5, 5.41) is 17.7. The fourth-order valence-electron chi connectivity index (χ4n) is 3.40. The first-order valence-corrected chi connectivity index (χ1v) is 7.66. The number of hydrogen-bond donors (Lipinski definition) is 1. The molecule has 0 fully saturated rings. The van der Waals surface area contributed by atoms with Gasteiger partial charge in [-0.25, -0.2) is 0 Å². The van der Waals surface area contributed by atoms with Crippen LogP contribution in [0.3, 0.4) is 0 Å². The zero-order chi connectivity index (χ0) is 14.4. The van der Waals surface area contributed by atoms with E-state index in [1.165, 1.54) is 28.3 Å². The number of rotatable bonds is 2. The van der Waals surface area contributed by atoms with Crippen molar-refractivity contribution in [1.82, 2.24) is 10.2 Å². The molecule has 2 aromatic rings. The van der Waals surface area contributed by atoms with Crippen LogP contribution >= 0.6 is 11.6 Å². The molecule has 21 heavy (non-hydrogen) atoms. The fourth-order valence-corrected chi connectivity index (χ4v) is 3.55. The Kier molecular flexibility index (Phi) is 3.00. The van der Waals surface area contributed by atoms with Gasteiger partial charge in [0.15, 0.2) is 10.9 Å². The summed E-state index contributed by atoms with van der Waals surface area (Å²) >= 11 is 5.72. The second-order valence-corrected chi connectivity index (χ2v) is 6.03. The highest BCUT2D eigenvalue weighted by Crippen LogP contribution is 2.43. The predicted molar refractivity (Wildman–Crippen MR) is 79.3 cm³/mol. The quantitative estimate of drug-likeness (QED) is 0.921. The highest BCUT2D eigenvalue weighted by molar-refractivity contribution is 6.29. The number of hydrogen-bond acceptors (Lipinski definition) is 4. The Morgan fingerprint density at radius 2 is 1.62 bits per heavy atom. The molecule has 0 atom stereocenters. The van der Waals surface area contributed by atoms with Crippen LogP contribution in [0, 0.1) is 0 Å². The molecule has 0 unspecified atom stereocenters. The summed E-state index contributed by atoms with van der Waals surface area (Å²) in [5.74, 6) is 0.954. The van der Waals surface area contributed by atoms with Crippen LogP contribution in [-0.2, 0) is 25.7 Å². The van der Waals surface area contributed by atoms with E-state index in [4.69, 9.17) is 16.3 Å². The Hall–Kier alpha value is -1.81. The van der Waals surface area contributed by atoms with Crippen LogP contribution < -0.4 is 4.74 Å².